The zero-order chi connectivity index (χ0) is 18.7. The Hall–Kier alpha value is -1.71. The zero-order valence-electron chi connectivity index (χ0n) is 14.3. The first kappa shape index (κ1) is 19.1. The van der Waals surface area contributed by atoms with Crippen molar-refractivity contribution in [2.24, 2.45) is 11.8 Å². The second kappa shape index (κ2) is 7.89. The van der Waals surface area contributed by atoms with Crippen LogP contribution in [0.4, 0.5) is 4.39 Å². The van der Waals surface area contributed by atoms with Crippen molar-refractivity contribution in [3.63, 3.8) is 0 Å². The van der Waals surface area contributed by atoms with Gasteiger partial charge in [0.1, 0.15) is 0 Å². The van der Waals surface area contributed by atoms with Gasteiger partial charge < -0.3 is 14.6 Å². The van der Waals surface area contributed by atoms with Crippen molar-refractivity contribution in [3.8, 4) is 5.75 Å². The molecule has 2 heterocycles. The molecule has 3 rings (SSSR count). The largest absolute Gasteiger partial charge is 0.490 e. The lowest BCUT2D eigenvalue weighted by molar-refractivity contribution is -0.142. The Morgan fingerprint density at radius 2 is 2.04 bits per heavy atom. The molecule has 144 valence electrons. The fourth-order valence-electron chi connectivity index (χ4n) is 3.17. The van der Waals surface area contributed by atoms with Crippen LogP contribution in [0.3, 0.4) is 0 Å². The van der Waals surface area contributed by atoms with Gasteiger partial charge in [-0.2, -0.15) is 4.31 Å². The molecular formula is C17H22FNO6S. The van der Waals surface area contributed by atoms with Gasteiger partial charge in [-0.3, -0.25) is 4.79 Å². The van der Waals surface area contributed by atoms with E-state index in [0.29, 0.717) is 19.8 Å². The number of nitrogens with zero attached hydrogens (tertiary/aromatic N) is 1. The summed E-state index contributed by atoms with van der Waals surface area (Å²) in [7, 11) is -3.86. The maximum Gasteiger partial charge on any atom is 0.306 e. The summed E-state index contributed by atoms with van der Waals surface area (Å²) in [5.74, 6) is -1.95. The number of benzene rings is 1. The molecule has 0 bridgehead atoms. The van der Waals surface area contributed by atoms with E-state index in [9.17, 15) is 17.6 Å². The summed E-state index contributed by atoms with van der Waals surface area (Å²) >= 11 is 0. The van der Waals surface area contributed by atoms with Crippen LogP contribution < -0.4 is 4.74 Å². The summed E-state index contributed by atoms with van der Waals surface area (Å²) < 4.78 is 51.5. The van der Waals surface area contributed by atoms with E-state index in [-0.39, 0.29) is 42.5 Å². The third-order valence-corrected chi connectivity index (χ3v) is 6.74. The number of sulfonamides is 1. The molecule has 1 aromatic rings. The zero-order valence-corrected chi connectivity index (χ0v) is 15.1. The van der Waals surface area contributed by atoms with Crippen molar-refractivity contribution >= 4 is 16.0 Å². The number of hydrogen-bond acceptors (Lipinski definition) is 5. The lowest BCUT2D eigenvalue weighted by atomic mass is 9.99. The van der Waals surface area contributed by atoms with Crippen LogP contribution in [0.15, 0.2) is 23.1 Å². The molecule has 0 aromatic heterocycles. The topological polar surface area (TPSA) is 93.1 Å². The molecule has 2 aliphatic heterocycles. The smallest absolute Gasteiger partial charge is 0.306 e. The Bertz CT molecular complexity index is 755. The van der Waals surface area contributed by atoms with E-state index in [1.807, 2.05) is 0 Å². The van der Waals surface area contributed by atoms with Crippen molar-refractivity contribution in [3.05, 3.63) is 24.0 Å². The van der Waals surface area contributed by atoms with Gasteiger partial charge in [-0.1, -0.05) is 0 Å². The molecule has 0 aliphatic carbocycles. The van der Waals surface area contributed by atoms with Crippen LogP contribution in [0.2, 0.25) is 0 Å². The first-order valence-electron chi connectivity index (χ1n) is 8.61. The minimum atomic E-state index is -3.86. The number of halogens is 1. The predicted octanol–water partition coefficient (Wildman–Crippen LogP) is 1.73. The second-order valence-corrected chi connectivity index (χ2v) is 8.59. The van der Waals surface area contributed by atoms with Gasteiger partial charge in [0.15, 0.2) is 11.6 Å². The van der Waals surface area contributed by atoms with Crippen molar-refractivity contribution in [2.45, 2.75) is 24.2 Å². The highest BCUT2D eigenvalue weighted by atomic mass is 32.2. The molecule has 0 amide bonds. The third kappa shape index (κ3) is 4.16. The Morgan fingerprint density at radius 1 is 1.31 bits per heavy atom. The first-order valence-corrected chi connectivity index (χ1v) is 10.0. The van der Waals surface area contributed by atoms with Crippen LogP contribution in [0.25, 0.3) is 0 Å². The molecule has 7 nitrogen and oxygen atoms in total. The average Bonchev–Trinajstić information content (AvgIpc) is 3.14. The average molecular weight is 387 g/mol. The second-order valence-electron chi connectivity index (χ2n) is 6.65. The van der Waals surface area contributed by atoms with Gasteiger partial charge in [0.05, 0.1) is 24.0 Å². The Kier molecular flexibility index (Phi) is 5.79. The van der Waals surface area contributed by atoms with E-state index in [2.05, 4.69) is 0 Å². The van der Waals surface area contributed by atoms with Gasteiger partial charge in [-0.25, -0.2) is 12.8 Å². The normalized spacial score (nSPS) is 22.4. The number of carboxylic acids is 1. The highest BCUT2D eigenvalue weighted by molar-refractivity contribution is 7.89. The molecular weight excluding hydrogens is 365 g/mol. The van der Waals surface area contributed by atoms with E-state index in [4.69, 9.17) is 14.6 Å². The molecule has 1 atom stereocenters. The molecule has 1 aromatic carbocycles. The summed E-state index contributed by atoms with van der Waals surface area (Å²) in [5, 5.41) is 9.00. The summed E-state index contributed by atoms with van der Waals surface area (Å²) in [4.78, 5) is 10.8. The van der Waals surface area contributed by atoms with Crippen LogP contribution in [-0.4, -0.2) is 56.7 Å². The van der Waals surface area contributed by atoms with Crippen molar-refractivity contribution < 1.29 is 32.2 Å². The maximum absolute atomic E-state index is 14.3. The van der Waals surface area contributed by atoms with E-state index in [0.717, 1.165) is 12.5 Å². The maximum atomic E-state index is 14.3. The van der Waals surface area contributed by atoms with Crippen molar-refractivity contribution in [1.29, 1.82) is 0 Å². The summed E-state index contributed by atoms with van der Waals surface area (Å²) in [6.45, 7) is 1.81. The summed E-state index contributed by atoms with van der Waals surface area (Å²) in [6, 6.07) is 3.60. The van der Waals surface area contributed by atoms with Crippen molar-refractivity contribution in [1.82, 2.24) is 4.31 Å². The number of carboxylic acid groups (broad SMARTS) is 1. The minimum Gasteiger partial charge on any atom is -0.490 e. The molecule has 1 unspecified atom stereocenters. The lowest BCUT2D eigenvalue weighted by Gasteiger charge is -2.29. The Labute approximate surface area is 151 Å². The molecule has 2 fully saturated rings. The van der Waals surface area contributed by atoms with Crippen LogP contribution in [0.1, 0.15) is 19.3 Å². The van der Waals surface area contributed by atoms with Gasteiger partial charge in [0.2, 0.25) is 10.0 Å². The predicted molar refractivity (Wildman–Crippen MR) is 89.9 cm³/mol. The monoisotopic (exact) mass is 387 g/mol. The highest BCUT2D eigenvalue weighted by Crippen LogP contribution is 2.27. The number of aliphatic carboxylic acids is 1. The van der Waals surface area contributed by atoms with Crippen LogP contribution in [0, 0.1) is 17.7 Å². The SMILES string of the molecule is O=C(O)C1CCN(S(=O)(=O)c2ccc(OCC3CCOC3)c(F)c2)CC1. The van der Waals surface area contributed by atoms with E-state index in [1.54, 1.807) is 0 Å². The fourth-order valence-corrected chi connectivity index (χ4v) is 4.66. The molecule has 1 N–H and O–H groups in total. The first-order chi connectivity index (χ1) is 12.4. The summed E-state index contributed by atoms with van der Waals surface area (Å²) in [6.07, 6.45) is 1.36. The van der Waals surface area contributed by atoms with E-state index < -0.39 is 27.7 Å². The van der Waals surface area contributed by atoms with Crippen LogP contribution >= 0.6 is 0 Å². The van der Waals surface area contributed by atoms with Gasteiger partial charge in [-0.15, -0.1) is 0 Å². The molecule has 0 radical (unpaired) electrons. The Morgan fingerprint density at radius 3 is 2.62 bits per heavy atom. The quantitative estimate of drug-likeness (QED) is 0.799. The molecule has 2 saturated heterocycles. The van der Waals surface area contributed by atoms with Gasteiger partial charge >= 0.3 is 5.97 Å². The van der Waals surface area contributed by atoms with E-state index in [1.165, 1.54) is 16.4 Å². The number of hydrogen-bond donors (Lipinski definition) is 1. The van der Waals surface area contributed by atoms with Crippen molar-refractivity contribution in [2.75, 3.05) is 32.9 Å². The van der Waals surface area contributed by atoms with Gasteiger partial charge in [0, 0.05) is 25.6 Å². The lowest BCUT2D eigenvalue weighted by Crippen LogP contribution is -2.40. The van der Waals surface area contributed by atoms with Gasteiger partial charge in [0.25, 0.3) is 0 Å². The van der Waals surface area contributed by atoms with Crippen LogP contribution in [0.5, 0.6) is 5.75 Å². The molecule has 0 saturated carbocycles. The molecule has 0 spiro atoms. The van der Waals surface area contributed by atoms with Gasteiger partial charge in [-0.05, 0) is 37.5 Å². The molecule has 2 aliphatic rings. The molecule has 26 heavy (non-hydrogen) atoms. The summed E-state index contributed by atoms with van der Waals surface area (Å²) in [5.41, 5.74) is 0. The van der Waals surface area contributed by atoms with E-state index >= 15 is 0 Å². The number of rotatable bonds is 6. The molecule has 9 heteroatoms. The number of piperidine rings is 1. The fraction of sp³-hybridized carbons (Fsp3) is 0.588. The Balaban J connectivity index is 1.66. The minimum absolute atomic E-state index is 0.0143. The highest BCUT2D eigenvalue weighted by Gasteiger charge is 2.32. The standard InChI is InChI=1S/C17H22FNO6S/c18-15-9-14(1-2-16(15)25-11-12-5-8-24-10-12)26(22,23)19-6-3-13(4-7-19)17(20)21/h1-2,9,12-13H,3-8,10-11H2,(H,20,21). The third-order valence-electron chi connectivity index (χ3n) is 4.84. The number of carbonyl (C=O) groups is 1. The van der Waals surface area contributed by atoms with Crippen LogP contribution in [-0.2, 0) is 19.6 Å². The number of ether oxygens (including phenoxy) is 2.